The number of nitrogens with one attached hydrogen (secondary N) is 2. The number of amides is 3. The fourth-order valence-electron chi connectivity index (χ4n) is 3.36. The smallest absolute Gasteiger partial charge is 0.318 e. The predicted octanol–water partition coefficient (Wildman–Crippen LogP) is 2.74. The molecule has 0 aromatic heterocycles. The van der Waals surface area contributed by atoms with Crippen molar-refractivity contribution < 1.29 is 14.4 Å². The molecule has 158 valence electrons. The third-order valence-electron chi connectivity index (χ3n) is 5.18. The van der Waals surface area contributed by atoms with Crippen LogP contribution in [0.4, 0.5) is 10.5 Å². The van der Waals surface area contributed by atoms with Crippen molar-refractivity contribution >= 4 is 23.4 Å². The first-order valence-corrected chi connectivity index (χ1v) is 10.2. The third-order valence-corrected chi connectivity index (χ3v) is 5.18. The lowest BCUT2D eigenvalue weighted by molar-refractivity contribution is -0.117. The average molecular weight is 409 g/mol. The van der Waals surface area contributed by atoms with Crippen molar-refractivity contribution in [1.29, 1.82) is 0 Å². The van der Waals surface area contributed by atoms with Crippen LogP contribution >= 0.6 is 0 Å². The van der Waals surface area contributed by atoms with E-state index in [0.717, 1.165) is 19.6 Å². The highest BCUT2D eigenvalue weighted by Crippen LogP contribution is 2.12. The molecule has 0 unspecified atom stereocenters. The lowest BCUT2D eigenvalue weighted by atomic mass is 10.1. The van der Waals surface area contributed by atoms with E-state index in [4.69, 9.17) is 0 Å². The van der Waals surface area contributed by atoms with Gasteiger partial charge in [0, 0.05) is 44.0 Å². The highest BCUT2D eigenvalue weighted by atomic mass is 16.2. The maximum Gasteiger partial charge on any atom is 0.318 e. The minimum atomic E-state index is -0.694. The van der Waals surface area contributed by atoms with E-state index in [2.05, 4.69) is 27.7 Å². The van der Waals surface area contributed by atoms with Crippen molar-refractivity contribution in [3.63, 3.8) is 0 Å². The van der Waals surface area contributed by atoms with E-state index < -0.39 is 6.04 Å². The molecular formula is C23H28N4O3. The molecule has 1 aliphatic heterocycles. The standard InChI is InChI=1S/C23H28N4O3/c1-17(22(29)25-21-10-6-9-20(15-21)18(2)28)24-23(30)27-13-11-26(12-14-27)16-19-7-4-3-5-8-19/h3-10,15,17H,11-14,16H2,1-2H3,(H,24,30)(H,25,29)/t17-/m1/s1. The van der Waals surface area contributed by atoms with E-state index in [-0.39, 0.29) is 17.7 Å². The highest BCUT2D eigenvalue weighted by molar-refractivity contribution is 5.99. The number of Topliss-reactive ketones (excluding diaryl/α,β-unsaturated/α-hetero) is 1. The van der Waals surface area contributed by atoms with Gasteiger partial charge in [-0.2, -0.15) is 0 Å². The number of piperazine rings is 1. The second-order valence-corrected chi connectivity index (χ2v) is 7.55. The van der Waals surface area contributed by atoms with Gasteiger partial charge in [0.15, 0.2) is 5.78 Å². The van der Waals surface area contributed by atoms with Gasteiger partial charge in [-0.1, -0.05) is 42.5 Å². The Labute approximate surface area is 177 Å². The molecule has 0 radical (unpaired) electrons. The van der Waals surface area contributed by atoms with Crippen molar-refractivity contribution in [2.24, 2.45) is 0 Å². The number of nitrogens with zero attached hydrogens (tertiary/aromatic N) is 2. The van der Waals surface area contributed by atoms with Crippen molar-refractivity contribution in [3.8, 4) is 0 Å². The Bertz CT molecular complexity index is 892. The molecular weight excluding hydrogens is 380 g/mol. The van der Waals surface area contributed by atoms with Gasteiger partial charge in [-0.25, -0.2) is 4.79 Å². The number of hydrogen-bond donors (Lipinski definition) is 2. The monoisotopic (exact) mass is 408 g/mol. The second kappa shape index (κ2) is 10.0. The van der Waals surface area contributed by atoms with Crippen LogP contribution in [0, 0.1) is 0 Å². The lowest BCUT2D eigenvalue weighted by Crippen LogP contribution is -2.54. The number of benzene rings is 2. The van der Waals surface area contributed by atoms with E-state index >= 15 is 0 Å². The fourth-order valence-corrected chi connectivity index (χ4v) is 3.36. The predicted molar refractivity (Wildman–Crippen MR) is 116 cm³/mol. The zero-order chi connectivity index (χ0) is 21.5. The van der Waals surface area contributed by atoms with E-state index in [0.29, 0.717) is 24.3 Å². The Hall–Kier alpha value is -3.19. The van der Waals surface area contributed by atoms with Crippen LogP contribution in [0.1, 0.15) is 29.8 Å². The largest absolute Gasteiger partial charge is 0.326 e. The number of urea groups is 1. The number of rotatable bonds is 6. The summed E-state index contributed by atoms with van der Waals surface area (Å²) in [6.07, 6.45) is 0. The van der Waals surface area contributed by atoms with Gasteiger partial charge < -0.3 is 15.5 Å². The number of anilines is 1. The minimum Gasteiger partial charge on any atom is -0.326 e. The molecule has 2 aromatic carbocycles. The maximum atomic E-state index is 12.5. The molecule has 2 aromatic rings. The van der Waals surface area contributed by atoms with Crippen LogP contribution in [-0.4, -0.2) is 59.7 Å². The zero-order valence-electron chi connectivity index (χ0n) is 17.4. The molecule has 0 aliphatic carbocycles. The van der Waals surface area contributed by atoms with E-state index in [1.165, 1.54) is 12.5 Å². The summed E-state index contributed by atoms with van der Waals surface area (Å²) in [5.74, 6) is -0.398. The Morgan fingerprint density at radius 2 is 1.67 bits per heavy atom. The van der Waals surface area contributed by atoms with Crippen LogP contribution in [0.3, 0.4) is 0 Å². The average Bonchev–Trinajstić information content (AvgIpc) is 2.75. The summed E-state index contributed by atoms with van der Waals surface area (Å²) in [4.78, 5) is 40.5. The van der Waals surface area contributed by atoms with Gasteiger partial charge in [-0.3, -0.25) is 14.5 Å². The summed E-state index contributed by atoms with van der Waals surface area (Å²) in [5, 5.41) is 5.51. The summed E-state index contributed by atoms with van der Waals surface area (Å²) >= 11 is 0. The molecule has 1 saturated heterocycles. The summed E-state index contributed by atoms with van der Waals surface area (Å²) < 4.78 is 0. The Morgan fingerprint density at radius 3 is 2.33 bits per heavy atom. The SMILES string of the molecule is CC(=O)c1cccc(NC(=O)[C@@H](C)NC(=O)N2CCN(Cc3ccccc3)CC2)c1. The van der Waals surface area contributed by atoms with Crippen LogP contribution in [-0.2, 0) is 11.3 Å². The van der Waals surface area contributed by atoms with E-state index in [9.17, 15) is 14.4 Å². The van der Waals surface area contributed by atoms with Crippen LogP contribution in [0.5, 0.6) is 0 Å². The van der Waals surface area contributed by atoms with Gasteiger partial charge in [0.2, 0.25) is 5.91 Å². The Morgan fingerprint density at radius 1 is 0.967 bits per heavy atom. The Balaban J connectivity index is 1.45. The zero-order valence-corrected chi connectivity index (χ0v) is 17.4. The lowest BCUT2D eigenvalue weighted by Gasteiger charge is -2.35. The summed E-state index contributed by atoms with van der Waals surface area (Å²) in [6.45, 7) is 6.81. The first-order chi connectivity index (χ1) is 14.4. The van der Waals surface area contributed by atoms with Crippen molar-refractivity contribution in [3.05, 3.63) is 65.7 Å². The summed E-state index contributed by atoms with van der Waals surface area (Å²) in [7, 11) is 0. The molecule has 30 heavy (non-hydrogen) atoms. The first kappa shape index (κ1) is 21.5. The molecule has 1 heterocycles. The van der Waals surface area contributed by atoms with E-state index in [1.807, 2.05) is 18.2 Å². The molecule has 2 N–H and O–H groups in total. The molecule has 0 bridgehead atoms. The normalized spacial score (nSPS) is 15.3. The van der Waals surface area contributed by atoms with Crippen molar-refractivity contribution in [2.45, 2.75) is 26.4 Å². The van der Waals surface area contributed by atoms with Gasteiger partial charge in [0.1, 0.15) is 6.04 Å². The summed E-state index contributed by atoms with van der Waals surface area (Å²) in [6, 6.07) is 16.1. The van der Waals surface area contributed by atoms with Gasteiger partial charge in [-0.05, 0) is 31.5 Å². The topological polar surface area (TPSA) is 81.8 Å². The number of carbonyl (C=O) groups is 3. The van der Waals surface area contributed by atoms with Crippen LogP contribution in [0.15, 0.2) is 54.6 Å². The Kier molecular flexibility index (Phi) is 7.19. The number of carbonyl (C=O) groups excluding carboxylic acids is 3. The molecule has 1 atom stereocenters. The van der Waals surface area contributed by atoms with Gasteiger partial charge >= 0.3 is 6.03 Å². The third kappa shape index (κ3) is 5.90. The van der Waals surface area contributed by atoms with Crippen LogP contribution < -0.4 is 10.6 Å². The quantitative estimate of drug-likeness (QED) is 0.720. The molecule has 1 fully saturated rings. The highest BCUT2D eigenvalue weighted by Gasteiger charge is 2.24. The fraction of sp³-hybridized carbons (Fsp3) is 0.348. The van der Waals surface area contributed by atoms with Crippen molar-refractivity contribution in [1.82, 2.24) is 15.1 Å². The van der Waals surface area contributed by atoms with Crippen LogP contribution in [0.25, 0.3) is 0 Å². The molecule has 0 saturated carbocycles. The first-order valence-electron chi connectivity index (χ1n) is 10.2. The minimum absolute atomic E-state index is 0.0705. The maximum absolute atomic E-state index is 12.5. The summed E-state index contributed by atoms with van der Waals surface area (Å²) in [5.41, 5.74) is 2.32. The number of hydrogen-bond acceptors (Lipinski definition) is 4. The molecule has 0 spiro atoms. The van der Waals surface area contributed by atoms with E-state index in [1.54, 1.807) is 36.1 Å². The number of ketones is 1. The molecule has 3 amide bonds. The van der Waals surface area contributed by atoms with Crippen molar-refractivity contribution in [2.75, 3.05) is 31.5 Å². The molecule has 3 rings (SSSR count). The molecule has 1 aliphatic rings. The van der Waals surface area contributed by atoms with Gasteiger partial charge in [-0.15, -0.1) is 0 Å². The van der Waals surface area contributed by atoms with Gasteiger partial charge in [0.05, 0.1) is 0 Å². The molecule has 7 heteroatoms. The van der Waals surface area contributed by atoms with Gasteiger partial charge in [0.25, 0.3) is 0 Å². The second-order valence-electron chi connectivity index (χ2n) is 7.55. The molecule has 7 nitrogen and oxygen atoms in total. The van der Waals surface area contributed by atoms with Crippen LogP contribution in [0.2, 0.25) is 0 Å².